The lowest BCUT2D eigenvalue weighted by molar-refractivity contribution is -0.113. The number of aromatic nitrogens is 3. The number of carbonyl (C=O) groups excluding carboxylic acids is 1. The molecule has 1 aromatic heterocycles. The molecule has 9 heteroatoms. The molecule has 0 saturated heterocycles. The van der Waals surface area contributed by atoms with Gasteiger partial charge in [0.15, 0.2) is 5.82 Å². The molecule has 0 bridgehead atoms. The minimum Gasteiger partial charge on any atom is -0.324 e. The van der Waals surface area contributed by atoms with Crippen molar-refractivity contribution in [2.24, 2.45) is 0 Å². The summed E-state index contributed by atoms with van der Waals surface area (Å²) in [6, 6.07) is 11.2. The van der Waals surface area contributed by atoms with E-state index in [9.17, 15) is 9.18 Å². The fraction of sp³-hybridized carbons (Fsp3) is 0.0625. The number of H-pyrrole nitrogens is 1. The molecule has 0 atom stereocenters. The number of aromatic amines is 1. The van der Waals surface area contributed by atoms with E-state index in [0.717, 1.165) is 11.8 Å². The van der Waals surface area contributed by atoms with Gasteiger partial charge in [-0.05, 0) is 24.3 Å². The van der Waals surface area contributed by atoms with Crippen LogP contribution in [0.25, 0.3) is 11.4 Å². The summed E-state index contributed by atoms with van der Waals surface area (Å²) in [6.45, 7) is 0. The summed E-state index contributed by atoms with van der Waals surface area (Å²) in [4.78, 5) is 16.2. The Morgan fingerprint density at radius 1 is 1.20 bits per heavy atom. The third kappa shape index (κ3) is 4.31. The van der Waals surface area contributed by atoms with Gasteiger partial charge in [0.05, 0.1) is 27.0 Å². The minimum absolute atomic E-state index is 0.0669. The molecule has 5 nitrogen and oxygen atoms in total. The first-order valence-corrected chi connectivity index (χ1v) is 8.82. The Bertz CT molecular complexity index is 919. The normalized spacial score (nSPS) is 10.7. The molecule has 0 saturated carbocycles. The van der Waals surface area contributed by atoms with Crippen molar-refractivity contribution >= 4 is 46.6 Å². The minimum atomic E-state index is -0.399. The Morgan fingerprint density at radius 3 is 2.80 bits per heavy atom. The van der Waals surface area contributed by atoms with Crippen molar-refractivity contribution in [3.8, 4) is 11.4 Å². The van der Waals surface area contributed by atoms with E-state index in [-0.39, 0.29) is 16.7 Å². The Morgan fingerprint density at radius 2 is 2.00 bits per heavy atom. The summed E-state index contributed by atoms with van der Waals surface area (Å²) in [7, 11) is 0. The molecule has 0 spiro atoms. The molecule has 2 N–H and O–H groups in total. The second kappa shape index (κ2) is 7.86. The number of halogens is 3. The molecule has 0 aliphatic heterocycles. The predicted octanol–water partition coefficient (Wildman–Crippen LogP) is 4.65. The number of hydrogen-bond acceptors (Lipinski definition) is 4. The molecule has 1 amide bonds. The van der Waals surface area contributed by atoms with E-state index in [1.165, 1.54) is 6.07 Å². The lowest BCUT2D eigenvalue weighted by atomic mass is 10.2. The number of carbonyl (C=O) groups is 1. The van der Waals surface area contributed by atoms with Crippen molar-refractivity contribution in [1.82, 2.24) is 15.2 Å². The van der Waals surface area contributed by atoms with Gasteiger partial charge in [-0.3, -0.25) is 9.89 Å². The molecule has 0 fully saturated rings. The number of rotatable bonds is 5. The standard InChI is InChI=1S/C16H11Cl2FN4OS/c17-10-5-3-7-12(14(10)18)20-13(24)8-25-16-21-15(22-23-16)9-4-1-2-6-11(9)19/h1-7H,8H2,(H,20,24)(H,21,22,23). The maximum absolute atomic E-state index is 13.7. The first kappa shape index (κ1) is 17.7. The van der Waals surface area contributed by atoms with Gasteiger partial charge in [-0.2, -0.15) is 0 Å². The van der Waals surface area contributed by atoms with Crippen molar-refractivity contribution in [1.29, 1.82) is 0 Å². The quantitative estimate of drug-likeness (QED) is 0.615. The summed E-state index contributed by atoms with van der Waals surface area (Å²) >= 11 is 13.0. The van der Waals surface area contributed by atoms with Gasteiger partial charge >= 0.3 is 0 Å². The summed E-state index contributed by atoms with van der Waals surface area (Å²) < 4.78 is 13.7. The molecule has 0 aliphatic rings. The van der Waals surface area contributed by atoms with Crippen molar-refractivity contribution in [2.75, 3.05) is 11.1 Å². The predicted molar refractivity (Wildman–Crippen MR) is 97.6 cm³/mol. The highest BCUT2D eigenvalue weighted by molar-refractivity contribution is 7.99. The molecule has 0 aliphatic carbocycles. The van der Waals surface area contributed by atoms with Crippen LogP contribution in [0.15, 0.2) is 47.6 Å². The van der Waals surface area contributed by atoms with Crippen LogP contribution in [0.2, 0.25) is 10.0 Å². The average Bonchev–Trinajstić information content (AvgIpc) is 3.06. The van der Waals surface area contributed by atoms with Crippen LogP contribution in [-0.2, 0) is 4.79 Å². The van der Waals surface area contributed by atoms with Crippen molar-refractivity contribution in [3.63, 3.8) is 0 Å². The van der Waals surface area contributed by atoms with Gasteiger partial charge in [-0.25, -0.2) is 9.37 Å². The van der Waals surface area contributed by atoms with Crippen LogP contribution >= 0.6 is 35.0 Å². The summed E-state index contributed by atoms with van der Waals surface area (Å²) in [5, 5.41) is 10.3. The van der Waals surface area contributed by atoms with E-state index in [2.05, 4.69) is 20.5 Å². The van der Waals surface area contributed by atoms with Crippen LogP contribution in [0.3, 0.4) is 0 Å². The van der Waals surface area contributed by atoms with Crippen LogP contribution in [0.4, 0.5) is 10.1 Å². The van der Waals surface area contributed by atoms with E-state index >= 15 is 0 Å². The van der Waals surface area contributed by atoms with Gasteiger partial charge in [0.25, 0.3) is 0 Å². The summed E-state index contributed by atoms with van der Waals surface area (Å²) in [5.74, 6) is -0.314. The molecular weight excluding hydrogens is 386 g/mol. The Kier molecular flexibility index (Phi) is 5.57. The van der Waals surface area contributed by atoms with Gasteiger partial charge in [-0.1, -0.05) is 53.2 Å². The first-order chi connectivity index (χ1) is 12.0. The topological polar surface area (TPSA) is 70.7 Å². The number of nitrogens with one attached hydrogen (secondary N) is 2. The number of amides is 1. The van der Waals surface area contributed by atoms with E-state index in [1.807, 2.05) is 0 Å². The number of anilines is 1. The highest BCUT2D eigenvalue weighted by Crippen LogP contribution is 2.29. The fourth-order valence-electron chi connectivity index (χ4n) is 2.00. The van der Waals surface area contributed by atoms with Crippen LogP contribution in [-0.4, -0.2) is 26.8 Å². The maximum atomic E-state index is 13.7. The Hall–Kier alpha value is -2.09. The van der Waals surface area contributed by atoms with Crippen molar-refractivity contribution in [2.45, 2.75) is 5.16 Å². The van der Waals surface area contributed by atoms with Gasteiger partial charge in [-0.15, -0.1) is 5.10 Å². The highest BCUT2D eigenvalue weighted by atomic mass is 35.5. The highest BCUT2D eigenvalue weighted by Gasteiger charge is 2.13. The Labute approximate surface area is 156 Å². The number of benzene rings is 2. The van der Waals surface area contributed by atoms with Crippen molar-refractivity contribution < 1.29 is 9.18 Å². The lowest BCUT2D eigenvalue weighted by Gasteiger charge is -2.07. The number of thioether (sulfide) groups is 1. The number of hydrogen-bond donors (Lipinski definition) is 2. The van der Waals surface area contributed by atoms with E-state index in [1.54, 1.807) is 36.4 Å². The zero-order valence-corrected chi connectivity index (χ0v) is 14.9. The fourth-order valence-corrected chi connectivity index (χ4v) is 2.95. The monoisotopic (exact) mass is 396 g/mol. The first-order valence-electron chi connectivity index (χ1n) is 7.08. The molecule has 3 rings (SSSR count). The largest absolute Gasteiger partial charge is 0.324 e. The number of nitrogens with zero attached hydrogens (tertiary/aromatic N) is 2. The van der Waals surface area contributed by atoms with Crippen LogP contribution < -0.4 is 5.32 Å². The smallest absolute Gasteiger partial charge is 0.234 e. The summed E-state index contributed by atoms with van der Waals surface area (Å²) in [5.41, 5.74) is 0.749. The van der Waals surface area contributed by atoms with Gasteiger partial charge in [0.1, 0.15) is 5.82 Å². The van der Waals surface area contributed by atoms with Gasteiger partial charge in [0, 0.05) is 0 Å². The zero-order valence-electron chi connectivity index (χ0n) is 12.6. The third-order valence-corrected chi connectivity index (χ3v) is 4.82. The average molecular weight is 397 g/mol. The van der Waals surface area contributed by atoms with Crippen molar-refractivity contribution in [3.05, 3.63) is 58.3 Å². The maximum Gasteiger partial charge on any atom is 0.234 e. The molecule has 0 radical (unpaired) electrons. The van der Waals surface area contributed by atoms with Crippen LogP contribution in [0.1, 0.15) is 0 Å². The summed E-state index contributed by atoms with van der Waals surface area (Å²) in [6.07, 6.45) is 0. The molecular formula is C16H11Cl2FN4OS. The molecule has 1 heterocycles. The van der Waals surface area contributed by atoms with Gasteiger partial charge in [0.2, 0.25) is 11.1 Å². The molecule has 2 aromatic carbocycles. The molecule has 128 valence electrons. The lowest BCUT2D eigenvalue weighted by Crippen LogP contribution is -2.14. The van der Waals surface area contributed by atoms with E-state index in [0.29, 0.717) is 27.3 Å². The second-order valence-electron chi connectivity index (χ2n) is 4.88. The van der Waals surface area contributed by atoms with Crippen LogP contribution in [0.5, 0.6) is 0 Å². The van der Waals surface area contributed by atoms with Gasteiger partial charge < -0.3 is 5.32 Å². The Balaban J connectivity index is 1.62. The van der Waals surface area contributed by atoms with Crippen LogP contribution in [0, 0.1) is 5.82 Å². The molecule has 0 unspecified atom stereocenters. The zero-order chi connectivity index (χ0) is 17.8. The SMILES string of the molecule is O=C(CSc1n[nH]c(-c2ccccc2F)n1)Nc1cccc(Cl)c1Cl. The second-order valence-corrected chi connectivity index (χ2v) is 6.61. The molecule has 3 aromatic rings. The van der Waals surface area contributed by atoms with E-state index < -0.39 is 5.82 Å². The molecule has 25 heavy (non-hydrogen) atoms. The third-order valence-electron chi connectivity index (χ3n) is 3.15. The van der Waals surface area contributed by atoms with E-state index in [4.69, 9.17) is 23.2 Å².